The smallest absolute Gasteiger partial charge is 0.164 e. The van der Waals surface area contributed by atoms with Crippen molar-refractivity contribution < 1.29 is 0 Å². The second-order valence-corrected chi connectivity index (χ2v) is 24.1. The summed E-state index contributed by atoms with van der Waals surface area (Å²) in [5.41, 5.74) is 23.8. The standard InChI is InChI=1S/C79H55N7/c1-78(2)62-43-54(76-80-66(48-22-9-5-10-23-48)47-67(81-76)49-24-11-6-12-25-49)36-38-70(62)85-68-34-19-17-32-58(68)60-41-56(45-64(78)72(60)85)52-30-21-31-53(40-52)57-42-61-59-33-18-20-35-69(59)86-71-39-37-55(44-63(71)79(3,4)65(46-57)73(61)86)77-83-74(50-26-13-7-14-27-50)82-75(84-77)51-28-15-8-16-29-51/h5-47H,1-4H3. The Balaban J connectivity index is 0.796. The van der Waals surface area contributed by atoms with E-state index >= 15 is 0 Å². The van der Waals surface area contributed by atoms with Crippen molar-refractivity contribution >= 4 is 43.6 Å². The molecule has 0 saturated carbocycles. The molecular weight excluding hydrogens is 1050 g/mol. The Morgan fingerprint density at radius 3 is 1.02 bits per heavy atom. The molecule has 0 atom stereocenters. The summed E-state index contributed by atoms with van der Waals surface area (Å²) < 4.78 is 4.98. The van der Waals surface area contributed by atoms with Crippen LogP contribution < -0.4 is 0 Å². The van der Waals surface area contributed by atoms with Gasteiger partial charge in [-0.25, -0.2) is 24.9 Å². The molecule has 2 aliphatic heterocycles. The summed E-state index contributed by atoms with van der Waals surface area (Å²) in [6, 6.07) is 93.7. The molecule has 2 aliphatic rings. The maximum Gasteiger partial charge on any atom is 0.164 e. The van der Waals surface area contributed by atoms with Crippen molar-refractivity contribution in [2.75, 3.05) is 0 Å². The quantitative estimate of drug-likeness (QED) is 0.152. The number of rotatable bonds is 8. The average molecular weight is 1100 g/mol. The molecule has 4 aromatic heterocycles. The summed E-state index contributed by atoms with van der Waals surface area (Å²) in [7, 11) is 0. The van der Waals surface area contributed by atoms with Crippen LogP contribution in [-0.2, 0) is 10.8 Å². The maximum absolute atomic E-state index is 5.28. The van der Waals surface area contributed by atoms with Gasteiger partial charge < -0.3 is 9.13 Å². The number of nitrogens with zero attached hydrogens (tertiary/aromatic N) is 7. The predicted octanol–water partition coefficient (Wildman–Crippen LogP) is 19.5. The van der Waals surface area contributed by atoms with Gasteiger partial charge in [0.1, 0.15) is 0 Å². The lowest BCUT2D eigenvalue weighted by Crippen LogP contribution is -2.26. The first kappa shape index (κ1) is 49.7. The molecule has 86 heavy (non-hydrogen) atoms. The Bertz CT molecular complexity index is 4830. The number of benzene rings is 11. The van der Waals surface area contributed by atoms with Gasteiger partial charge in [0.2, 0.25) is 0 Å². The third-order valence-electron chi connectivity index (χ3n) is 18.3. The first-order valence-corrected chi connectivity index (χ1v) is 29.6. The molecule has 0 unspecified atom stereocenters. The van der Waals surface area contributed by atoms with Gasteiger partial charge in [-0.15, -0.1) is 0 Å². The highest BCUT2D eigenvalue weighted by Crippen LogP contribution is 2.52. The van der Waals surface area contributed by atoms with Gasteiger partial charge in [-0.05, 0) is 129 Å². The molecule has 17 rings (SSSR count). The average Bonchev–Trinajstić information content (AvgIpc) is 1.73. The summed E-state index contributed by atoms with van der Waals surface area (Å²) in [6.45, 7) is 9.52. The zero-order valence-corrected chi connectivity index (χ0v) is 48.0. The van der Waals surface area contributed by atoms with Crippen LogP contribution >= 0.6 is 0 Å². The Kier molecular flexibility index (Phi) is 10.9. The van der Waals surface area contributed by atoms with E-state index in [4.69, 9.17) is 24.9 Å². The molecule has 0 N–H and O–H groups in total. The van der Waals surface area contributed by atoms with E-state index in [0.717, 1.165) is 56.0 Å². The van der Waals surface area contributed by atoms with Crippen LogP contribution in [0.2, 0.25) is 0 Å². The van der Waals surface area contributed by atoms with E-state index in [1.165, 1.54) is 88.2 Å². The third-order valence-corrected chi connectivity index (χ3v) is 18.3. The molecular formula is C79H55N7. The van der Waals surface area contributed by atoms with E-state index in [1.54, 1.807) is 0 Å². The highest BCUT2D eigenvalue weighted by Gasteiger charge is 2.38. The summed E-state index contributed by atoms with van der Waals surface area (Å²) in [4.78, 5) is 25.9. The van der Waals surface area contributed by atoms with Crippen LogP contribution in [0.3, 0.4) is 0 Å². The van der Waals surface area contributed by atoms with Gasteiger partial charge in [0.05, 0.1) is 44.8 Å². The molecule has 0 saturated heterocycles. The van der Waals surface area contributed by atoms with Crippen molar-refractivity contribution in [1.29, 1.82) is 0 Å². The lowest BCUT2D eigenvalue weighted by atomic mass is 9.73. The zero-order valence-electron chi connectivity index (χ0n) is 48.0. The van der Waals surface area contributed by atoms with E-state index in [9.17, 15) is 0 Å². The molecule has 0 spiro atoms. The van der Waals surface area contributed by atoms with Gasteiger partial charge in [-0.1, -0.05) is 204 Å². The normalized spacial score (nSPS) is 13.5. The van der Waals surface area contributed by atoms with Crippen LogP contribution in [0.15, 0.2) is 261 Å². The summed E-state index contributed by atoms with van der Waals surface area (Å²) in [6.07, 6.45) is 0. The van der Waals surface area contributed by atoms with Crippen LogP contribution in [0.4, 0.5) is 0 Å². The molecule has 0 bridgehead atoms. The minimum Gasteiger partial charge on any atom is -0.309 e. The van der Waals surface area contributed by atoms with Crippen molar-refractivity contribution in [2.24, 2.45) is 0 Å². The van der Waals surface area contributed by atoms with Crippen LogP contribution in [-0.4, -0.2) is 34.1 Å². The summed E-state index contributed by atoms with van der Waals surface area (Å²) in [5, 5.41) is 4.95. The van der Waals surface area contributed by atoms with Crippen molar-refractivity contribution in [3.63, 3.8) is 0 Å². The van der Waals surface area contributed by atoms with Crippen LogP contribution in [0.1, 0.15) is 49.9 Å². The highest BCUT2D eigenvalue weighted by atomic mass is 15.0. The van der Waals surface area contributed by atoms with Crippen LogP contribution in [0, 0.1) is 0 Å². The van der Waals surface area contributed by atoms with Crippen LogP contribution in [0.25, 0.3) is 145 Å². The summed E-state index contributed by atoms with van der Waals surface area (Å²) >= 11 is 0. The van der Waals surface area contributed by atoms with Gasteiger partial charge in [0, 0.05) is 65.8 Å². The second-order valence-electron chi connectivity index (χ2n) is 24.1. The first-order valence-electron chi connectivity index (χ1n) is 29.6. The molecule has 0 fully saturated rings. The van der Waals surface area contributed by atoms with E-state index in [1.807, 2.05) is 48.5 Å². The fourth-order valence-electron chi connectivity index (χ4n) is 13.9. The largest absolute Gasteiger partial charge is 0.309 e. The monoisotopic (exact) mass is 1100 g/mol. The molecule has 406 valence electrons. The minimum absolute atomic E-state index is 0.400. The Hall–Kier alpha value is -10.9. The van der Waals surface area contributed by atoms with Gasteiger partial charge in [-0.2, -0.15) is 0 Å². The van der Waals surface area contributed by atoms with Crippen molar-refractivity contribution in [3.8, 4) is 102 Å². The number of fused-ring (bicyclic) bond motifs is 10. The van der Waals surface area contributed by atoms with E-state index < -0.39 is 10.8 Å². The van der Waals surface area contributed by atoms with Gasteiger partial charge in [-0.3, -0.25) is 0 Å². The van der Waals surface area contributed by atoms with Crippen molar-refractivity contribution in [1.82, 2.24) is 34.1 Å². The minimum atomic E-state index is -0.413. The van der Waals surface area contributed by atoms with E-state index in [-0.39, 0.29) is 0 Å². The lowest BCUT2D eigenvalue weighted by Gasteiger charge is -2.35. The molecule has 6 heterocycles. The Morgan fingerprint density at radius 1 is 0.244 bits per heavy atom. The molecule has 0 aliphatic carbocycles. The SMILES string of the molecule is CC1(C)c2cc(-c3nc(-c4ccccc4)cc(-c4ccccc4)n3)ccc2-n2c3ccccc3c3cc(-c4cccc(-c5cc6c7c(c5)c5ccccc5n7-c5ccc(-c7nc(-c8ccccc8)nc(-c8ccccc8)n7)cc5C6(C)C)c4)cc1c32. The molecule has 15 aromatic rings. The number of hydrogen-bond acceptors (Lipinski definition) is 5. The van der Waals surface area contributed by atoms with Crippen molar-refractivity contribution in [2.45, 2.75) is 38.5 Å². The van der Waals surface area contributed by atoms with Gasteiger partial charge >= 0.3 is 0 Å². The zero-order chi connectivity index (χ0) is 57.4. The fraction of sp³-hybridized carbons (Fsp3) is 0.0759. The Morgan fingerprint density at radius 2 is 0.593 bits per heavy atom. The second kappa shape index (κ2) is 18.8. The number of hydrogen-bond donors (Lipinski definition) is 0. The van der Waals surface area contributed by atoms with Crippen LogP contribution in [0.5, 0.6) is 0 Å². The fourth-order valence-corrected chi connectivity index (χ4v) is 13.9. The maximum atomic E-state index is 5.28. The molecule has 7 heteroatoms. The number of para-hydroxylation sites is 2. The molecule has 7 nitrogen and oxygen atoms in total. The summed E-state index contributed by atoms with van der Waals surface area (Å²) in [5.74, 6) is 2.63. The highest BCUT2D eigenvalue weighted by molar-refractivity contribution is 6.14. The predicted molar refractivity (Wildman–Crippen MR) is 352 cm³/mol. The first-order chi connectivity index (χ1) is 42.1. The molecule has 0 amide bonds. The molecule has 0 radical (unpaired) electrons. The van der Waals surface area contributed by atoms with Gasteiger partial charge in [0.25, 0.3) is 0 Å². The third kappa shape index (κ3) is 7.64. The van der Waals surface area contributed by atoms with E-state index in [0.29, 0.717) is 23.3 Å². The lowest BCUT2D eigenvalue weighted by molar-refractivity contribution is 0.630. The Labute approximate surface area is 498 Å². The van der Waals surface area contributed by atoms with Gasteiger partial charge in [0.15, 0.2) is 23.3 Å². The molecule has 11 aromatic carbocycles. The van der Waals surface area contributed by atoms with Crippen molar-refractivity contribution in [3.05, 3.63) is 283 Å². The van der Waals surface area contributed by atoms with E-state index in [2.05, 4.69) is 249 Å². The topological polar surface area (TPSA) is 74.3 Å². The number of aromatic nitrogens is 7.